The number of likely N-dealkylation sites (tertiary alicyclic amines) is 1. The van der Waals surface area contributed by atoms with Crippen LogP contribution in [0.4, 0.5) is 0 Å². The number of rotatable bonds is 5. The van der Waals surface area contributed by atoms with E-state index in [0.29, 0.717) is 23.9 Å². The predicted octanol–water partition coefficient (Wildman–Crippen LogP) is 1.43. The Hall–Kier alpha value is -0.810. The van der Waals surface area contributed by atoms with Gasteiger partial charge in [0.1, 0.15) is 0 Å². The summed E-state index contributed by atoms with van der Waals surface area (Å²) in [5.41, 5.74) is 0. The maximum Gasteiger partial charge on any atom is 0.191 e. The van der Waals surface area contributed by atoms with Gasteiger partial charge in [-0.2, -0.15) is 0 Å². The molecule has 0 aromatic rings. The van der Waals surface area contributed by atoms with E-state index in [4.69, 9.17) is 4.99 Å². The van der Waals surface area contributed by atoms with Gasteiger partial charge in [-0.05, 0) is 39.5 Å². The summed E-state index contributed by atoms with van der Waals surface area (Å²) in [7, 11) is 0. The van der Waals surface area contributed by atoms with Crippen LogP contribution in [0, 0.1) is 11.8 Å². The van der Waals surface area contributed by atoms with E-state index in [0.717, 1.165) is 51.4 Å². The molecule has 2 fully saturated rings. The first-order valence-corrected chi connectivity index (χ1v) is 8.98. The molecule has 0 spiro atoms. The first-order valence-electron chi connectivity index (χ1n) is 8.98. The first kappa shape index (κ1) is 17.5. The van der Waals surface area contributed by atoms with Gasteiger partial charge in [0.25, 0.3) is 0 Å². The standard InChI is InChI=1S/C17H34N4O/c1-5-18-17(19-9-14-7-6-8-16(14)22)20-15-11-21(12(2)3)10-13(15)4/h12-16,22H,5-11H2,1-4H3,(H2,18,19,20). The molecule has 2 rings (SSSR count). The Labute approximate surface area is 135 Å². The van der Waals surface area contributed by atoms with E-state index in [1.165, 1.54) is 0 Å². The zero-order valence-electron chi connectivity index (χ0n) is 14.7. The van der Waals surface area contributed by atoms with Crippen molar-refractivity contribution in [1.29, 1.82) is 0 Å². The number of guanidine groups is 1. The quantitative estimate of drug-likeness (QED) is 0.531. The zero-order chi connectivity index (χ0) is 16.1. The Morgan fingerprint density at radius 3 is 2.64 bits per heavy atom. The van der Waals surface area contributed by atoms with E-state index in [-0.39, 0.29) is 6.10 Å². The van der Waals surface area contributed by atoms with Crippen LogP contribution in [0.5, 0.6) is 0 Å². The van der Waals surface area contributed by atoms with Crippen LogP contribution in [0.15, 0.2) is 4.99 Å². The van der Waals surface area contributed by atoms with E-state index in [2.05, 4.69) is 43.2 Å². The first-order chi connectivity index (χ1) is 10.5. The second kappa shape index (κ2) is 8.16. The fraction of sp³-hybridized carbons (Fsp3) is 0.941. The highest BCUT2D eigenvalue weighted by atomic mass is 16.3. The average Bonchev–Trinajstić information content (AvgIpc) is 3.03. The lowest BCUT2D eigenvalue weighted by Crippen LogP contribution is -2.47. The molecule has 3 N–H and O–H groups in total. The van der Waals surface area contributed by atoms with Crippen molar-refractivity contribution in [1.82, 2.24) is 15.5 Å². The minimum absolute atomic E-state index is 0.159. The van der Waals surface area contributed by atoms with Gasteiger partial charge < -0.3 is 15.7 Å². The minimum atomic E-state index is -0.159. The van der Waals surface area contributed by atoms with Crippen molar-refractivity contribution in [3.63, 3.8) is 0 Å². The second-order valence-corrected chi connectivity index (χ2v) is 7.25. The van der Waals surface area contributed by atoms with E-state index >= 15 is 0 Å². The summed E-state index contributed by atoms with van der Waals surface area (Å²) in [6, 6.07) is 1.05. The third-order valence-corrected chi connectivity index (χ3v) is 5.14. The summed E-state index contributed by atoms with van der Waals surface area (Å²) in [5.74, 6) is 1.87. The van der Waals surface area contributed by atoms with Crippen LogP contribution < -0.4 is 10.6 Å². The van der Waals surface area contributed by atoms with Crippen LogP contribution in [0.3, 0.4) is 0 Å². The van der Waals surface area contributed by atoms with Gasteiger partial charge >= 0.3 is 0 Å². The van der Waals surface area contributed by atoms with Gasteiger partial charge in [-0.1, -0.05) is 13.3 Å². The largest absolute Gasteiger partial charge is 0.393 e. The Bertz CT molecular complexity index is 372. The van der Waals surface area contributed by atoms with Gasteiger partial charge in [0.2, 0.25) is 0 Å². The van der Waals surface area contributed by atoms with E-state index in [1.54, 1.807) is 0 Å². The minimum Gasteiger partial charge on any atom is -0.393 e. The molecule has 4 unspecified atom stereocenters. The number of aliphatic hydroxyl groups is 1. The number of nitrogens with one attached hydrogen (secondary N) is 2. The van der Waals surface area contributed by atoms with Crippen LogP contribution in [-0.2, 0) is 0 Å². The van der Waals surface area contributed by atoms with Gasteiger partial charge in [0.15, 0.2) is 5.96 Å². The van der Waals surface area contributed by atoms with E-state index < -0.39 is 0 Å². The number of nitrogens with zero attached hydrogens (tertiary/aromatic N) is 2. The summed E-state index contributed by atoms with van der Waals surface area (Å²) in [6.07, 6.45) is 3.01. The maximum absolute atomic E-state index is 9.94. The monoisotopic (exact) mass is 310 g/mol. The van der Waals surface area contributed by atoms with Crippen molar-refractivity contribution in [2.45, 2.75) is 65.1 Å². The molecule has 128 valence electrons. The number of hydrogen-bond donors (Lipinski definition) is 3. The molecule has 0 amide bonds. The SMILES string of the molecule is CCNC(=NCC1CCCC1O)NC1CN(C(C)C)CC1C. The lowest BCUT2D eigenvalue weighted by atomic mass is 10.1. The summed E-state index contributed by atoms with van der Waals surface area (Å²) in [5, 5.41) is 16.9. The Balaban J connectivity index is 1.90. The summed E-state index contributed by atoms with van der Waals surface area (Å²) < 4.78 is 0. The van der Waals surface area contributed by atoms with Crippen LogP contribution in [0.2, 0.25) is 0 Å². The van der Waals surface area contributed by atoms with Crippen LogP contribution in [0.25, 0.3) is 0 Å². The van der Waals surface area contributed by atoms with Crippen LogP contribution >= 0.6 is 0 Å². The van der Waals surface area contributed by atoms with Crippen LogP contribution in [-0.4, -0.2) is 60.3 Å². The fourth-order valence-electron chi connectivity index (χ4n) is 3.55. The molecule has 0 aromatic heterocycles. The van der Waals surface area contributed by atoms with Crippen LogP contribution in [0.1, 0.15) is 47.0 Å². The number of aliphatic imine (C=N–C) groups is 1. The Morgan fingerprint density at radius 1 is 1.32 bits per heavy atom. The molecule has 1 aliphatic carbocycles. The Kier molecular flexibility index (Phi) is 6.50. The van der Waals surface area contributed by atoms with Crippen molar-refractivity contribution in [2.75, 3.05) is 26.2 Å². The molecule has 4 atom stereocenters. The molecule has 1 saturated carbocycles. The third kappa shape index (κ3) is 4.59. The van der Waals surface area contributed by atoms with E-state index in [9.17, 15) is 5.11 Å². The Morgan fingerprint density at radius 2 is 2.09 bits per heavy atom. The highest BCUT2D eigenvalue weighted by Crippen LogP contribution is 2.25. The van der Waals surface area contributed by atoms with Crippen molar-refractivity contribution < 1.29 is 5.11 Å². The highest BCUT2D eigenvalue weighted by Gasteiger charge is 2.31. The van der Waals surface area contributed by atoms with Gasteiger partial charge in [-0.3, -0.25) is 9.89 Å². The van der Waals surface area contributed by atoms with Crippen molar-refractivity contribution in [2.24, 2.45) is 16.8 Å². The highest BCUT2D eigenvalue weighted by molar-refractivity contribution is 5.80. The van der Waals surface area contributed by atoms with Crippen molar-refractivity contribution in [3.05, 3.63) is 0 Å². The van der Waals surface area contributed by atoms with Crippen molar-refractivity contribution >= 4 is 5.96 Å². The van der Waals surface area contributed by atoms with E-state index in [1.807, 2.05) is 0 Å². The maximum atomic E-state index is 9.94. The predicted molar refractivity (Wildman–Crippen MR) is 92.1 cm³/mol. The summed E-state index contributed by atoms with van der Waals surface area (Å²) in [6.45, 7) is 12.8. The van der Waals surface area contributed by atoms with Gasteiger partial charge in [-0.15, -0.1) is 0 Å². The summed E-state index contributed by atoms with van der Waals surface area (Å²) in [4.78, 5) is 7.25. The molecule has 5 nitrogen and oxygen atoms in total. The normalized spacial score (nSPS) is 33.6. The van der Waals surface area contributed by atoms with Gasteiger partial charge in [-0.25, -0.2) is 0 Å². The van der Waals surface area contributed by atoms with Gasteiger partial charge in [0.05, 0.1) is 6.10 Å². The molecule has 2 aliphatic rings. The topological polar surface area (TPSA) is 59.9 Å². The van der Waals surface area contributed by atoms with Gasteiger partial charge in [0, 0.05) is 44.2 Å². The number of hydrogen-bond acceptors (Lipinski definition) is 3. The molecule has 1 aliphatic heterocycles. The number of aliphatic hydroxyl groups excluding tert-OH is 1. The lowest BCUT2D eigenvalue weighted by Gasteiger charge is -2.22. The third-order valence-electron chi connectivity index (χ3n) is 5.14. The molecule has 1 saturated heterocycles. The molecule has 5 heteroatoms. The molecule has 0 aromatic carbocycles. The summed E-state index contributed by atoms with van der Waals surface area (Å²) >= 11 is 0. The molecular formula is C17H34N4O. The lowest BCUT2D eigenvalue weighted by molar-refractivity contribution is 0.136. The second-order valence-electron chi connectivity index (χ2n) is 7.25. The molecule has 22 heavy (non-hydrogen) atoms. The molecule has 0 bridgehead atoms. The molecular weight excluding hydrogens is 276 g/mol. The smallest absolute Gasteiger partial charge is 0.191 e. The average molecular weight is 310 g/mol. The molecule has 0 radical (unpaired) electrons. The molecule has 1 heterocycles. The zero-order valence-corrected chi connectivity index (χ0v) is 14.7. The fourth-order valence-corrected chi connectivity index (χ4v) is 3.55. The van der Waals surface area contributed by atoms with Crippen molar-refractivity contribution in [3.8, 4) is 0 Å².